The van der Waals surface area contributed by atoms with Gasteiger partial charge in [-0.1, -0.05) is 18.2 Å². The molecule has 5 aliphatic rings. The third kappa shape index (κ3) is 8.51. The summed E-state index contributed by atoms with van der Waals surface area (Å²) in [7, 11) is 0. The van der Waals surface area contributed by atoms with Gasteiger partial charge in [0.1, 0.15) is 17.5 Å². The zero-order valence-electron chi connectivity index (χ0n) is 37.4. The van der Waals surface area contributed by atoms with E-state index < -0.39 is 5.67 Å². The summed E-state index contributed by atoms with van der Waals surface area (Å²) in [6, 6.07) is 19.0. The third-order valence-electron chi connectivity index (χ3n) is 14.4. The van der Waals surface area contributed by atoms with Crippen LogP contribution in [0.1, 0.15) is 103 Å². The Morgan fingerprint density at radius 1 is 0.923 bits per heavy atom. The van der Waals surface area contributed by atoms with Crippen molar-refractivity contribution in [2.24, 2.45) is 0 Å². The fourth-order valence-corrected chi connectivity index (χ4v) is 10.7. The molecule has 10 rings (SSSR count). The topological polar surface area (TPSA) is 162 Å². The Morgan fingerprint density at radius 2 is 1.69 bits per heavy atom. The van der Waals surface area contributed by atoms with Crippen LogP contribution in [0.4, 0.5) is 26.4 Å². The number of phenolic OH excluding ortho intramolecular Hbond substituents is 1. The number of para-hydroxylation sites is 1. The molecule has 5 aromatic rings. The Hall–Kier alpha value is -6.06. The van der Waals surface area contributed by atoms with Crippen molar-refractivity contribution in [3.63, 3.8) is 0 Å². The number of ether oxygens (including phenoxy) is 1. The largest absolute Gasteiger partial charge is 0.507 e. The lowest BCUT2D eigenvalue weighted by Gasteiger charge is -2.41. The number of halogens is 1. The van der Waals surface area contributed by atoms with Crippen molar-refractivity contribution in [1.29, 1.82) is 0 Å². The van der Waals surface area contributed by atoms with Crippen molar-refractivity contribution in [1.82, 2.24) is 29.9 Å². The number of nitrogens with one attached hydrogen (secondary N) is 1. The van der Waals surface area contributed by atoms with Gasteiger partial charge in [-0.05, 0) is 117 Å². The second kappa shape index (κ2) is 17.1. The number of fused-ring (bicyclic) bond motifs is 1. The van der Waals surface area contributed by atoms with Crippen LogP contribution in [0.2, 0.25) is 0 Å². The quantitative estimate of drug-likeness (QED) is 0.135. The molecule has 15 heteroatoms. The first-order valence-corrected chi connectivity index (χ1v) is 23.2. The first-order valence-electron chi connectivity index (χ1n) is 23.2. The minimum atomic E-state index is -1.36. The smallest absolute Gasteiger partial charge is 0.328 e. The molecule has 6 heterocycles. The molecular weight excluding hydrogens is 826 g/mol. The number of aromatic nitrogens is 3. The first-order chi connectivity index (χ1) is 31.3. The van der Waals surface area contributed by atoms with Gasteiger partial charge in [0.25, 0.3) is 5.91 Å². The molecule has 0 bridgehead atoms. The Kier molecular flexibility index (Phi) is 11.2. The number of morpholine rings is 1. The summed E-state index contributed by atoms with van der Waals surface area (Å²) >= 11 is 0. The molecule has 0 unspecified atom stereocenters. The normalized spacial score (nSPS) is 22.1. The SMILES string of the molecule is Cc1cc([C@@H]2CN(c3cc(-c4ccccc4O)nnc3N)C[C@H](C)O2)c(C)cc1C(=O)N1CCC(F)(CN2CCC(n3cc(C4CC4)c4cc(N5CCC(=O)NC5=O)ccc43)CC2)CC1. The van der Waals surface area contributed by atoms with E-state index in [4.69, 9.17) is 10.5 Å². The van der Waals surface area contributed by atoms with Gasteiger partial charge in [0.05, 0.1) is 17.5 Å². The van der Waals surface area contributed by atoms with E-state index in [0.29, 0.717) is 86.7 Å². The summed E-state index contributed by atoms with van der Waals surface area (Å²) in [6.07, 6.45) is 6.95. The second-order valence-corrected chi connectivity index (χ2v) is 19.1. The maximum atomic E-state index is 16.6. The number of piperidine rings is 2. The number of urea groups is 1. The van der Waals surface area contributed by atoms with Crippen LogP contribution >= 0.6 is 0 Å². The van der Waals surface area contributed by atoms with Gasteiger partial charge < -0.3 is 34.8 Å². The molecule has 4 N–H and O–H groups in total. The highest BCUT2D eigenvalue weighted by atomic mass is 19.1. The molecule has 3 aromatic carbocycles. The lowest BCUT2D eigenvalue weighted by atomic mass is 9.90. The van der Waals surface area contributed by atoms with Crippen LogP contribution < -0.4 is 20.9 Å². The van der Waals surface area contributed by atoms with E-state index in [1.807, 2.05) is 49.9 Å². The molecule has 1 saturated carbocycles. The van der Waals surface area contributed by atoms with Gasteiger partial charge in [-0.15, -0.1) is 10.2 Å². The highest BCUT2D eigenvalue weighted by molar-refractivity contribution is 6.06. The number of amides is 4. The number of likely N-dealkylation sites (tertiary alicyclic amines) is 2. The fraction of sp³-hybridized carbons (Fsp3) is 0.460. The molecule has 1 aliphatic carbocycles. The zero-order valence-corrected chi connectivity index (χ0v) is 37.4. The highest BCUT2D eigenvalue weighted by Gasteiger charge is 2.40. The third-order valence-corrected chi connectivity index (χ3v) is 14.4. The maximum absolute atomic E-state index is 16.6. The van der Waals surface area contributed by atoms with Crippen LogP contribution in [-0.2, 0) is 9.53 Å². The Bertz CT molecular complexity index is 2670. The van der Waals surface area contributed by atoms with E-state index in [1.54, 1.807) is 23.1 Å². The number of aryl methyl sites for hydroxylation is 2. The average Bonchev–Trinajstić information content (AvgIpc) is 4.07. The number of anilines is 3. The number of imide groups is 1. The summed E-state index contributed by atoms with van der Waals surface area (Å²) in [4.78, 5) is 46.3. The molecule has 340 valence electrons. The molecule has 4 amide bonds. The Balaban J connectivity index is 0.758. The molecule has 65 heavy (non-hydrogen) atoms. The maximum Gasteiger partial charge on any atom is 0.328 e. The molecule has 5 fully saturated rings. The number of carbonyl (C=O) groups excluding carboxylic acids is 3. The van der Waals surface area contributed by atoms with Crippen molar-refractivity contribution >= 4 is 45.9 Å². The van der Waals surface area contributed by atoms with Crippen LogP contribution in [0.15, 0.2) is 66.9 Å². The summed E-state index contributed by atoms with van der Waals surface area (Å²) in [5.41, 5.74) is 13.5. The van der Waals surface area contributed by atoms with Crippen molar-refractivity contribution in [3.8, 4) is 17.0 Å². The van der Waals surface area contributed by atoms with Gasteiger partial charge in [0.15, 0.2) is 5.82 Å². The summed E-state index contributed by atoms with van der Waals surface area (Å²) in [5, 5.41) is 22.6. The number of alkyl halides is 1. The molecular formula is C50H58FN9O5. The van der Waals surface area contributed by atoms with Crippen LogP contribution in [0.3, 0.4) is 0 Å². The van der Waals surface area contributed by atoms with Crippen molar-refractivity contribution in [2.45, 2.75) is 95.6 Å². The van der Waals surface area contributed by atoms with Gasteiger partial charge >= 0.3 is 6.03 Å². The number of rotatable bonds is 9. The van der Waals surface area contributed by atoms with E-state index in [0.717, 1.165) is 72.4 Å². The van der Waals surface area contributed by atoms with Crippen molar-refractivity contribution in [2.75, 3.05) is 67.9 Å². The van der Waals surface area contributed by atoms with Gasteiger partial charge in [-0.25, -0.2) is 9.18 Å². The number of aromatic hydroxyl groups is 1. The molecule has 4 aliphatic heterocycles. The van der Waals surface area contributed by atoms with Gasteiger partial charge in [-0.2, -0.15) is 0 Å². The number of hydrogen-bond acceptors (Lipinski definition) is 10. The van der Waals surface area contributed by atoms with E-state index in [-0.39, 0.29) is 42.2 Å². The molecule has 2 atom stereocenters. The van der Waals surface area contributed by atoms with Crippen molar-refractivity contribution < 1.29 is 28.6 Å². The molecule has 4 saturated heterocycles. The highest BCUT2D eigenvalue weighted by Crippen LogP contribution is 2.46. The minimum Gasteiger partial charge on any atom is -0.507 e. The summed E-state index contributed by atoms with van der Waals surface area (Å²) < 4.78 is 25.5. The van der Waals surface area contributed by atoms with Crippen LogP contribution in [0.25, 0.3) is 22.2 Å². The number of nitrogen functional groups attached to an aromatic ring is 1. The predicted molar refractivity (Wildman–Crippen MR) is 248 cm³/mol. The average molecular weight is 884 g/mol. The zero-order chi connectivity index (χ0) is 45.1. The van der Waals surface area contributed by atoms with E-state index in [9.17, 15) is 19.5 Å². The van der Waals surface area contributed by atoms with E-state index >= 15 is 4.39 Å². The lowest BCUT2D eigenvalue weighted by Crippen LogP contribution is -2.51. The van der Waals surface area contributed by atoms with Crippen LogP contribution in [0, 0.1) is 13.8 Å². The fourth-order valence-electron chi connectivity index (χ4n) is 10.7. The van der Waals surface area contributed by atoms with Crippen LogP contribution in [-0.4, -0.2) is 112 Å². The summed E-state index contributed by atoms with van der Waals surface area (Å²) in [5.74, 6) is 0.624. The van der Waals surface area contributed by atoms with E-state index in [2.05, 4.69) is 54.3 Å². The van der Waals surface area contributed by atoms with Gasteiger partial charge in [0.2, 0.25) is 5.91 Å². The number of nitrogens with zero attached hydrogens (tertiary/aromatic N) is 7. The van der Waals surface area contributed by atoms with Gasteiger partial charge in [-0.3, -0.25) is 19.8 Å². The van der Waals surface area contributed by atoms with Gasteiger partial charge in [0, 0.05) is 112 Å². The number of benzene rings is 3. The molecule has 0 spiro atoms. The van der Waals surface area contributed by atoms with E-state index in [1.165, 1.54) is 10.9 Å². The molecule has 14 nitrogen and oxygen atoms in total. The Morgan fingerprint density at radius 3 is 2.43 bits per heavy atom. The predicted octanol–water partition coefficient (Wildman–Crippen LogP) is 7.57. The monoisotopic (exact) mass is 883 g/mol. The lowest BCUT2D eigenvalue weighted by molar-refractivity contribution is -0.120. The van der Waals surface area contributed by atoms with Crippen LogP contribution in [0.5, 0.6) is 5.75 Å². The number of nitrogens with two attached hydrogens (primary N) is 1. The number of phenols is 1. The Labute approximate surface area is 378 Å². The summed E-state index contributed by atoms with van der Waals surface area (Å²) in [6.45, 7) is 10.2. The molecule has 0 radical (unpaired) electrons. The number of hydrogen-bond donors (Lipinski definition) is 3. The minimum absolute atomic E-state index is 0.0715. The number of carbonyl (C=O) groups is 3. The second-order valence-electron chi connectivity index (χ2n) is 19.1. The first kappa shape index (κ1) is 42.9. The van der Waals surface area contributed by atoms with Crippen molar-refractivity contribution in [3.05, 3.63) is 94.7 Å². The molecule has 2 aromatic heterocycles. The standard InChI is InChI=1S/C50H58FN9O5/c1-30-23-38(31(2)22-37(30)45-28-58(26-32(3)65-45)43-25-41(54-55-47(43)52)36-6-4-5-7-44(36)61)48(63)57-20-15-50(51,16-21-57)29-56-17-12-34(13-18-56)60-27-40(33-8-9-33)39-24-35(10-11-42(39)60)59-19-14-46(62)53-49(59)64/h4-7,10-11,22-25,27,32-34,45,61H,8-9,12-21,26,28-29H2,1-3H3,(H2,52,55)(H,53,62,64)/t32-,45-/m0/s1.